The number of hydrogen-bond donors (Lipinski definition) is 2. The largest absolute Gasteiger partial charge is 0.377 e. The van der Waals surface area contributed by atoms with Gasteiger partial charge in [0.15, 0.2) is 0 Å². The normalized spacial score (nSPS) is 26.6. The first-order chi connectivity index (χ1) is 12.1. The Labute approximate surface area is 147 Å². The van der Waals surface area contributed by atoms with Crippen molar-refractivity contribution in [1.29, 1.82) is 0 Å². The van der Waals surface area contributed by atoms with Crippen molar-refractivity contribution < 1.29 is 9.53 Å². The number of urea groups is 1. The Bertz CT molecular complexity index is 757. The first-order valence-corrected chi connectivity index (χ1v) is 8.79. The summed E-state index contributed by atoms with van der Waals surface area (Å²) in [6.07, 6.45) is 6.71. The summed E-state index contributed by atoms with van der Waals surface area (Å²) in [6.45, 7) is 5.60. The highest BCUT2D eigenvalue weighted by Crippen LogP contribution is 2.52. The van der Waals surface area contributed by atoms with E-state index >= 15 is 0 Å². The summed E-state index contributed by atoms with van der Waals surface area (Å²) < 4.78 is 7.73. The zero-order valence-corrected chi connectivity index (χ0v) is 14.6. The van der Waals surface area contributed by atoms with Crippen LogP contribution in [0.5, 0.6) is 0 Å². The summed E-state index contributed by atoms with van der Waals surface area (Å²) in [5.41, 5.74) is 2.06. The summed E-state index contributed by atoms with van der Waals surface area (Å²) in [5.74, 6) is 0.444. The van der Waals surface area contributed by atoms with Crippen molar-refractivity contribution in [3.63, 3.8) is 0 Å². The maximum atomic E-state index is 12.4. The highest BCUT2D eigenvalue weighted by molar-refractivity contribution is 5.74. The summed E-state index contributed by atoms with van der Waals surface area (Å²) in [4.78, 5) is 16.5. The predicted molar refractivity (Wildman–Crippen MR) is 94.4 cm³/mol. The van der Waals surface area contributed by atoms with E-state index in [1.807, 2.05) is 35.0 Å². The van der Waals surface area contributed by atoms with Crippen molar-refractivity contribution >= 4 is 6.03 Å². The average Bonchev–Trinajstić information content (AvgIpc) is 3.28. The fraction of sp³-hybridized carbons (Fsp3) is 0.474. The number of benzene rings is 1. The first kappa shape index (κ1) is 16.1. The van der Waals surface area contributed by atoms with Gasteiger partial charge in [-0.3, -0.25) is 0 Å². The van der Waals surface area contributed by atoms with Gasteiger partial charge in [-0.1, -0.05) is 32.0 Å². The lowest BCUT2D eigenvalue weighted by Gasteiger charge is -2.54. The van der Waals surface area contributed by atoms with E-state index in [2.05, 4.69) is 29.5 Å². The molecule has 0 spiro atoms. The van der Waals surface area contributed by atoms with Gasteiger partial charge in [0, 0.05) is 42.9 Å². The molecule has 3 atom stereocenters. The van der Waals surface area contributed by atoms with Crippen LogP contribution in [-0.4, -0.2) is 34.3 Å². The Morgan fingerprint density at radius 3 is 3.04 bits per heavy atom. The molecule has 2 N–H and O–H groups in total. The number of carbonyl (C=O) groups is 1. The number of nitrogens with zero attached hydrogens (tertiary/aromatic N) is 2. The van der Waals surface area contributed by atoms with Crippen LogP contribution in [0.1, 0.15) is 25.8 Å². The van der Waals surface area contributed by atoms with Crippen molar-refractivity contribution in [2.45, 2.75) is 39.0 Å². The molecule has 2 heterocycles. The van der Waals surface area contributed by atoms with Gasteiger partial charge in [0.25, 0.3) is 0 Å². The fourth-order valence-corrected chi connectivity index (χ4v) is 4.30. The number of fused-ring (bicyclic) bond motifs is 1. The van der Waals surface area contributed by atoms with E-state index in [9.17, 15) is 4.79 Å². The van der Waals surface area contributed by atoms with Gasteiger partial charge in [-0.2, -0.15) is 0 Å². The van der Waals surface area contributed by atoms with Crippen molar-refractivity contribution in [3.05, 3.63) is 48.5 Å². The molecular formula is C19H24N4O2. The molecule has 1 aromatic heterocycles. The van der Waals surface area contributed by atoms with E-state index in [1.54, 1.807) is 12.5 Å². The van der Waals surface area contributed by atoms with E-state index in [0.29, 0.717) is 12.5 Å². The van der Waals surface area contributed by atoms with Gasteiger partial charge in [0.05, 0.1) is 18.1 Å². The Hall–Kier alpha value is -2.34. The number of hydrogen-bond acceptors (Lipinski definition) is 3. The van der Waals surface area contributed by atoms with Crippen LogP contribution in [0.25, 0.3) is 5.69 Å². The molecule has 0 unspecified atom stereocenters. The molecule has 2 aliphatic rings. The third kappa shape index (κ3) is 2.80. The van der Waals surface area contributed by atoms with Gasteiger partial charge in [0.1, 0.15) is 0 Å². The van der Waals surface area contributed by atoms with Crippen molar-refractivity contribution in [1.82, 2.24) is 20.2 Å². The van der Waals surface area contributed by atoms with E-state index < -0.39 is 0 Å². The number of nitrogens with one attached hydrogen (secondary N) is 2. The molecule has 2 amide bonds. The molecule has 1 saturated heterocycles. The van der Waals surface area contributed by atoms with E-state index in [4.69, 9.17) is 4.74 Å². The van der Waals surface area contributed by atoms with Crippen molar-refractivity contribution in [3.8, 4) is 5.69 Å². The first-order valence-electron chi connectivity index (χ1n) is 8.79. The number of imidazole rings is 1. The maximum Gasteiger partial charge on any atom is 0.315 e. The molecule has 25 heavy (non-hydrogen) atoms. The minimum absolute atomic E-state index is 0.00672. The zero-order valence-electron chi connectivity index (χ0n) is 14.6. The van der Waals surface area contributed by atoms with Gasteiger partial charge < -0.3 is 19.9 Å². The number of rotatable bonds is 4. The lowest BCUT2D eigenvalue weighted by atomic mass is 9.57. The molecule has 0 radical (unpaired) electrons. The SMILES string of the molecule is CC1(C)[C@H](NC(=O)NCc2ccccc2-n2ccnc2)[C@H]2CCO[C@@H]21. The summed E-state index contributed by atoms with van der Waals surface area (Å²) >= 11 is 0. The van der Waals surface area contributed by atoms with Crippen molar-refractivity contribution in [2.75, 3.05) is 6.61 Å². The highest BCUT2D eigenvalue weighted by Gasteiger charge is 2.59. The molecule has 1 saturated carbocycles. The Morgan fingerprint density at radius 2 is 2.24 bits per heavy atom. The fourth-order valence-electron chi connectivity index (χ4n) is 4.30. The van der Waals surface area contributed by atoms with Crippen LogP contribution in [0, 0.1) is 11.3 Å². The number of ether oxygens (including phenoxy) is 1. The van der Waals surface area contributed by atoms with E-state index in [0.717, 1.165) is 24.3 Å². The second-order valence-corrected chi connectivity index (χ2v) is 7.47. The molecule has 1 aromatic carbocycles. The molecule has 1 aliphatic carbocycles. The molecule has 132 valence electrons. The topological polar surface area (TPSA) is 68.2 Å². The summed E-state index contributed by atoms with van der Waals surface area (Å²) in [6, 6.07) is 8.05. The van der Waals surface area contributed by atoms with E-state index in [1.165, 1.54) is 0 Å². The minimum Gasteiger partial charge on any atom is -0.377 e. The quantitative estimate of drug-likeness (QED) is 0.898. The number of carbonyl (C=O) groups excluding carboxylic acids is 1. The van der Waals surface area contributed by atoms with E-state index in [-0.39, 0.29) is 23.6 Å². The van der Waals surface area contributed by atoms with Crippen LogP contribution in [-0.2, 0) is 11.3 Å². The summed E-state index contributed by atoms with van der Waals surface area (Å²) in [7, 11) is 0. The molecule has 1 aliphatic heterocycles. The van der Waals surface area contributed by atoms with Crippen LogP contribution in [0.3, 0.4) is 0 Å². The van der Waals surface area contributed by atoms with Gasteiger partial charge in [-0.05, 0) is 18.1 Å². The van der Waals surface area contributed by atoms with Crippen LogP contribution < -0.4 is 10.6 Å². The Kier molecular flexibility index (Phi) is 4.00. The Morgan fingerprint density at radius 1 is 1.40 bits per heavy atom. The monoisotopic (exact) mass is 340 g/mol. The highest BCUT2D eigenvalue weighted by atomic mass is 16.5. The third-order valence-electron chi connectivity index (χ3n) is 5.60. The number of amides is 2. The number of aromatic nitrogens is 2. The van der Waals surface area contributed by atoms with Gasteiger partial charge in [-0.15, -0.1) is 0 Å². The van der Waals surface area contributed by atoms with Crippen LogP contribution in [0.15, 0.2) is 43.0 Å². The molecule has 6 nitrogen and oxygen atoms in total. The smallest absolute Gasteiger partial charge is 0.315 e. The maximum absolute atomic E-state index is 12.4. The molecular weight excluding hydrogens is 316 g/mol. The lowest BCUT2D eigenvalue weighted by Crippen LogP contribution is -2.67. The number of para-hydroxylation sites is 1. The molecule has 6 heteroatoms. The minimum atomic E-state index is -0.121. The predicted octanol–water partition coefficient (Wildman–Crippen LogP) is 2.49. The van der Waals surface area contributed by atoms with Crippen LogP contribution in [0.4, 0.5) is 4.79 Å². The average molecular weight is 340 g/mol. The lowest BCUT2D eigenvalue weighted by molar-refractivity contribution is -0.108. The molecule has 4 rings (SSSR count). The third-order valence-corrected chi connectivity index (χ3v) is 5.60. The second kappa shape index (κ2) is 6.19. The van der Waals surface area contributed by atoms with Crippen LogP contribution >= 0.6 is 0 Å². The van der Waals surface area contributed by atoms with Gasteiger partial charge >= 0.3 is 6.03 Å². The standard InChI is InChI=1S/C19H24N4O2/c1-19(2)16(14-7-10-25-17(14)19)22-18(24)21-11-13-5-3-4-6-15(13)23-9-8-20-12-23/h3-6,8-9,12,14,16-17H,7,10-11H2,1-2H3,(H2,21,22,24)/t14-,16-,17+/m1/s1. The van der Waals surface area contributed by atoms with Gasteiger partial charge in [-0.25, -0.2) is 9.78 Å². The molecule has 2 fully saturated rings. The van der Waals surface area contributed by atoms with Crippen molar-refractivity contribution in [2.24, 2.45) is 11.3 Å². The molecule has 0 bridgehead atoms. The van der Waals surface area contributed by atoms with Gasteiger partial charge in [0.2, 0.25) is 0 Å². The second-order valence-electron chi connectivity index (χ2n) is 7.47. The van der Waals surface area contributed by atoms with Crippen LogP contribution in [0.2, 0.25) is 0 Å². The summed E-state index contributed by atoms with van der Waals surface area (Å²) in [5, 5.41) is 6.15. The molecule has 2 aromatic rings. The zero-order chi connectivity index (χ0) is 17.4. The Balaban J connectivity index is 1.39.